The van der Waals surface area contributed by atoms with Crippen LogP contribution in [0.5, 0.6) is 0 Å². The van der Waals surface area contributed by atoms with Crippen LogP contribution in [-0.2, 0) is 20.7 Å². The first-order valence-corrected chi connectivity index (χ1v) is 4.71. The number of methoxy groups -OCH3 is 1. The zero-order valence-corrected chi connectivity index (χ0v) is 8.60. The third-order valence-corrected chi connectivity index (χ3v) is 1.96. The van der Waals surface area contributed by atoms with E-state index in [1.807, 2.05) is 18.2 Å². The number of aromatic nitrogens is 1. The fraction of sp³-hybridized carbons (Fsp3) is 0.364. The Labute approximate surface area is 88.3 Å². The largest absolute Gasteiger partial charge is 0.469 e. The van der Waals surface area contributed by atoms with Crippen LogP contribution >= 0.6 is 0 Å². The molecule has 0 aliphatic heterocycles. The van der Waals surface area contributed by atoms with Crippen LogP contribution in [0.15, 0.2) is 24.4 Å². The molecule has 4 heteroatoms. The van der Waals surface area contributed by atoms with Gasteiger partial charge in [-0.1, -0.05) is 6.07 Å². The molecule has 15 heavy (non-hydrogen) atoms. The van der Waals surface area contributed by atoms with Crippen molar-refractivity contribution >= 4 is 11.8 Å². The Bertz CT molecular complexity index is 335. The Morgan fingerprint density at radius 2 is 2.20 bits per heavy atom. The van der Waals surface area contributed by atoms with Gasteiger partial charge in [0.2, 0.25) is 0 Å². The number of esters is 1. The van der Waals surface area contributed by atoms with E-state index in [-0.39, 0.29) is 12.2 Å². The Morgan fingerprint density at radius 1 is 1.40 bits per heavy atom. The highest BCUT2D eigenvalue weighted by molar-refractivity contribution is 5.95. The summed E-state index contributed by atoms with van der Waals surface area (Å²) in [7, 11) is 1.27. The monoisotopic (exact) mass is 207 g/mol. The van der Waals surface area contributed by atoms with Gasteiger partial charge in [-0.2, -0.15) is 0 Å². The average molecular weight is 207 g/mol. The summed E-state index contributed by atoms with van der Waals surface area (Å²) in [6.45, 7) is 0. The van der Waals surface area contributed by atoms with Crippen LogP contribution in [0, 0.1) is 0 Å². The summed E-state index contributed by atoms with van der Waals surface area (Å²) in [6, 6.07) is 5.54. The molecule has 1 aromatic heterocycles. The molecule has 0 saturated carbocycles. The first-order chi connectivity index (χ1) is 7.22. The summed E-state index contributed by atoms with van der Waals surface area (Å²) in [5, 5.41) is 0. The predicted molar refractivity (Wildman–Crippen MR) is 54.2 cm³/mol. The number of hydrogen-bond acceptors (Lipinski definition) is 4. The second-order valence-electron chi connectivity index (χ2n) is 3.11. The minimum Gasteiger partial charge on any atom is -0.469 e. The molecule has 0 N–H and O–H groups in total. The molecule has 0 saturated heterocycles. The molecular weight excluding hydrogens is 194 g/mol. The average Bonchev–Trinajstić information content (AvgIpc) is 2.27. The predicted octanol–water partition coefficient (Wildman–Crippen LogP) is 1.15. The normalized spacial score (nSPS) is 9.67. The van der Waals surface area contributed by atoms with Gasteiger partial charge in [-0.15, -0.1) is 0 Å². The molecule has 1 rings (SSSR count). The van der Waals surface area contributed by atoms with E-state index < -0.39 is 5.97 Å². The lowest BCUT2D eigenvalue weighted by Gasteiger charge is -1.99. The molecule has 0 unspecified atom stereocenters. The summed E-state index contributed by atoms with van der Waals surface area (Å²) < 4.78 is 4.40. The second-order valence-corrected chi connectivity index (χ2v) is 3.11. The Kier molecular flexibility index (Phi) is 4.47. The number of nitrogens with zero attached hydrogens (tertiary/aromatic N) is 1. The van der Waals surface area contributed by atoms with E-state index in [9.17, 15) is 9.59 Å². The van der Waals surface area contributed by atoms with Gasteiger partial charge in [0, 0.05) is 18.3 Å². The highest BCUT2D eigenvalue weighted by atomic mass is 16.5. The van der Waals surface area contributed by atoms with Gasteiger partial charge >= 0.3 is 5.97 Å². The van der Waals surface area contributed by atoms with Gasteiger partial charge in [-0.05, 0) is 18.6 Å². The molecule has 0 aliphatic rings. The number of carbonyl (C=O) groups excluding carboxylic acids is 2. The number of ketones is 1. The maximum absolute atomic E-state index is 11.3. The number of pyridine rings is 1. The summed E-state index contributed by atoms with van der Waals surface area (Å²) in [4.78, 5) is 26.1. The first-order valence-electron chi connectivity index (χ1n) is 4.71. The van der Waals surface area contributed by atoms with E-state index >= 15 is 0 Å². The molecule has 0 bridgehead atoms. The zero-order chi connectivity index (χ0) is 11.1. The minimum absolute atomic E-state index is 0.118. The van der Waals surface area contributed by atoms with Gasteiger partial charge in [-0.3, -0.25) is 14.6 Å². The Balaban J connectivity index is 2.32. The van der Waals surface area contributed by atoms with Gasteiger partial charge in [0.1, 0.15) is 12.2 Å². The van der Waals surface area contributed by atoms with E-state index in [0.29, 0.717) is 12.8 Å². The molecule has 0 spiro atoms. The Hall–Kier alpha value is -1.71. The summed E-state index contributed by atoms with van der Waals surface area (Å²) in [5.41, 5.74) is 0.857. The molecule has 0 radical (unpaired) electrons. The molecule has 1 aromatic rings. The number of rotatable bonds is 5. The van der Waals surface area contributed by atoms with E-state index in [0.717, 1.165) is 5.69 Å². The van der Waals surface area contributed by atoms with Crippen LogP contribution in [-0.4, -0.2) is 23.8 Å². The second kappa shape index (κ2) is 5.90. The maximum atomic E-state index is 11.3. The standard InChI is InChI=1S/C11H13NO3/c1-15-11(14)8-10(13)6-5-9-4-2-3-7-12-9/h2-4,7H,5-6,8H2,1H3. The van der Waals surface area contributed by atoms with Crippen LogP contribution in [0.2, 0.25) is 0 Å². The molecule has 1 heterocycles. The van der Waals surface area contributed by atoms with E-state index in [1.54, 1.807) is 6.20 Å². The van der Waals surface area contributed by atoms with Crippen molar-refractivity contribution in [3.63, 3.8) is 0 Å². The SMILES string of the molecule is COC(=O)CC(=O)CCc1ccccn1. The van der Waals surface area contributed by atoms with Crippen LogP contribution in [0.1, 0.15) is 18.5 Å². The van der Waals surface area contributed by atoms with E-state index in [4.69, 9.17) is 0 Å². The van der Waals surface area contributed by atoms with Crippen molar-refractivity contribution < 1.29 is 14.3 Å². The Morgan fingerprint density at radius 3 is 2.80 bits per heavy atom. The first kappa shape index (κ1) is 11.4. The van der Waals surface area contributed by atoms with Crippen molar-refractivity contribution in [2.24, 2.45) is 0 Å². The van der Waals surface area contributed by atoms with Crippen molar-refractivity contribution in [1.29, 1.82) is 0 Å². The van der Waals surface area contributed by atoms with Crippen molar-refractivity contribution in [2.75, 3.05) is 7.11 Å². The fourth-order valence-electron chi connectivity index (χ4n) is 1.14. The fourth-order valence-corrected chi connectivity index (χ4v) is 1.14. The van der Waals surface area contributed by atoms with Crippen molar-refractivity contribution in [3.05, 3.63) is 30.1 Å². The number of carbonyl (C=O) groups is 2. The minimum atomic E-state index is -0.485. The zero-order valence-electron chi connectivity index (χ0n) is 8.60. The van der Waals surface area contributed by atoms with Crippen molar-refractivity contribution in [2.45, 2.75) is 19.3 Å². The number of hydrogen-bond donors (Lipinski definition) is 0. The van der Waals surface area contributed by atoms with Crippen LogP contribution in [0.25, 0.3) is 0 Å². The molecule has 0 atom stereocenters. The summed E-state index contributed by atoms with van der Waals surface area (Å²) in [5.74, 6) is -0.603. The molecule has 0 amide bonds. The smallest absolute Gasteiger partial charge is 0.313 e. The number of ether oxygens (including phenoxy) is 1. The van der Waals surface area contributed by atoms with Gasteiger partial charge in [0.05, 0.1) is 7.11 Å². The topological polar surface area (TPSA) is 56.3 Å². The lowest BCUT2D eigenvalue weighted by Crippen LogP contribution is -2.10. The van der Waals surface area contributed by atoms with Gasteiger partial charge < -0.3 is 4.74 Å². The third-order valence-electron chi connectivity index (χ3n) is 1.96. The van der Waals surface area contributed by atoms with Gasteiger partial charge in [0.15, 0.2) is 0 Å². The number of aryl methyl sites for hydroxylation is 1. The van der Waals surface area contributed by atoms with Crippen LogP contribution in [0.4, 0.5) is 0 Å². The lowest BCUT2D eigenvalue weighted by atomic mass is 10.1. The third kappa shape index (κ3) is 4.35. The molecular formula is C11H13NO3. The van der Waals surface area contributed by atoms with Crippen LogP contribution < -0.4 is 0 Å². The highest BCUT2D eigenvalue weighted by Crippen LogP contribution is 2.01. The number of Topliss-reactive ketones (excluding diaryl/α,β-unsaturated/α-hetero) is 1. The lowest BCUT2D eigenvalue weighted by molar-refractivity contribution is -0.143. The summed E-state index contributed by atoms with van der Waals surface area (Å²) in [6.07, 6.45) is 2.42. The van der Waals surface area contributed by atoms with Crippen molar-refractivity contribution in [1.82, 2.24) is 4.98 Å². The molecule has 0 aromatic carbocycles. The van der Waals surface area contributed by atoms with Crippen LogP contribution in [0.3, 0.4) is 0 Å². The van der Waals surface area contributed by atoms with Crippen molar-refractivity contribution in [3.8, 4) is 0 Å². The quantitative estimate of drug-likeness (QED) is 0.536. The maximum Gasteiger partial charge on any atom is 0.313 e. The molecule has 4 nitrogen and oxygen atoms in total. The molecule has 0 aliphatic carbocycles. The summed E-state index contributed by atoms with van der Waals surface area (Å²) >= 11 is 0. The van der Waals surface area contributed by atoms with E-state index in [1.165, 1.54) is 7.11 Å². The molecule has 80 valence electrons. The highest BCUT2D eigenvalue weighted by Gasteiger charge is 2.09. The van der Waals surface area contributed by atoms with E-state index in [2.05, 4.69) is 9.72 Å². The van der Waals surface area contributed by atoms with Gasteiger partial charge in [0.25, 0.3) is 0 Å². The van der Waals surface area contributed by atoms with Gasteiger partial charge in [-0.25, -0.2) is 0 Å². The molecule has 0 fully saturated rings.